The molecule has 6 nitrogen and oxygen atoms in total. The molecular formula is C25H31N3O3. The van der Waals surface area contributed by atoms with Gasteiger partial charge in [-0.3, -0.25) is 14.2 Å². The number of rotatable bonds is 9. The molecule has 1 unspecified atom stereocenters. The third kappa shape index (κ3) is 4.48. The number of fused-ring (bicyclic) bond motifs is 1. The molecule has 0 radical (unpaired) electrons. The van der Waals surface area contributed by atoms with Crippen molar-refractivity contribution in [3.63, 3.8) is 0 Å². The summed E-state index contributed by atoms with van der Waals surface area (Å²) in [6.07, 6.45) is 2.94. The Labute approximate surface area is 183 Å². The Hall–Kier alpha value is -3.15. The molecule has 0 spiro atoms. The van der Waals surface area contributed by atoms with Gasteiger partial charge < -0.3 is 9.64 Å². The van der Waals surface area contributed by atoms with E-state index in [2.05, 4.69) is 6.92 Å². The number of amides is 1. The Morgan fingerprint density at radius 2 is 1.81 bits per heavy atom. The summed E-state index contributed by atoms with van der Waals surface area (Å²) in [5, 5.41) is 0.536. The fraction of sp³-hybridized carbons (Fsp3) is 0.400. The molecule has 1 amide bonds. The summed E-state index contributed by atoms with van der Waals surface area (Å²) in [6, 6.07) is 14.4. The molecule has 0 fully saturated rings. The summed E-state index contributed by atoms with van der Waals surface area (Å²) in [5.41, 5.74) is 1.09. The van der Waals surface area contributed by atoms with Crippen LogP contribution in [0.25, 0.3) is 16.6 Å². The maximum atomic E-state index is 13.7. The van der Waals surface area contributed by atoms with Crippen molar-refractivity contribution in [2.24, 2.45) is 0 Å². The third-order valence-corrected chi connectivity index (χ3v) is 5.56. The number of nitrogens with zero attached hydrogens (tertiary/aromatic N) is 3. The molecule has 3 aromatic rings. The quantitative estimate of drug-likeness (QED) is 0.494. The average molecular weight is 422 g/mol. The van der Waals surface area contributed by atoms with Gasteiger partial charge in [0.05, 0.1) is 29.7 Å². The van der Waals surface area contributed by atoms with Gasteiger partial charge in [-0.05, 0) is 37.1 Å². The Morgan fingerprint density at radius 1 is 1.10 bits per heavy atom. The van der Waals surface area contributed by atoms with E-state index >= 15 is 0 Å². The number of aromatic nitrogens is 2. The molecule has 164 valence electrons. The van der Waals surface area contributed by atoms with Gasteiger partial charge in [0, 0.05) is 13.0 Å². The van der Waals surface area contributed by atoms with Crippen LogP contribution in [-0.4, -0.2) is 34.0 Å². The lowest BCUT2D eigenvalue weighted by molar-refractivity contribution is -0.133. The topological polar surface area (TPSA) is 64.4 Å². The van der Waals surface area contributed by atoms with Crippen LogP contribution in [0.2, 0.25) is 0 Å². The molecule has 3 rings (SSSR count). The van der Waals surface area contributed by atoms with Crippen LogP contribution in [0.15, 0.2) is 53.3 Å². The summed E-state index contributed by atoms with van der Waals surface area (Å²) in [4.78, 5) is 33.4. The van der Waals surface area contributed by atoms with Crippen LogP contribution in [0.1, 0.15) is 58.3 Å². The third-order valence-electron chi connectivity index (χ3n) is 5.56. The van der Waals surface area contributed by atoms with Crippen LogP contribution in [0.4, 0.5) is 0 Å². The van der Waals surface area contributed by atoms with Crippen molar-refractivity contribution in [1.29, 1.82) is 0 Å². The first kappa shape index (κ1) is 22.5. The lowest BCUT2D eigenvalue weighted by atomic mass is 10.1. The zero-order chi connectivity index (χ0) is 22.4. The maximum absolute atomic E-state index is 13.7. The van der Waals surface area contributed by atoms with Crippen LogP contribution < -0.4 is 10.3 Å². The van der Waals surface area contributed by atoms with E-state index < -0.39 is 0 Å². The highest BCUT2D eigenvalue weighted by Crippen LogP contribution is 2.30. The van der Waals surface area contributed by atoms with Crippen molar-refractivity contribution in [3.8, 4) is 11.4 Å². The van der Waals surface area contributed by atoms with Crippen LogP contribution >= 0.6 is 0 Å². The minimum absolute atomic E-state index is 0.0642. The van der Waals surface area contributed by atoms with Crippen LogP contribution in [-0.2, 0) is 4.79 Å². The number of benzene rings is 2. The van der Waals surface area contributed by atoms with E-state index in [-0.39, 0.29) is 17.5 Å². The van der Waals surface area contributed by atoms with E-state index in [1.165, 1.54) is 0 Å². The Morgan fingerprint density at radius 3 is 2.48 bits per heavy atom. The van der Waals surface area contributed by atoms with Crippen molar-refractivity contribution in [2.45, 2.75) is 52.5 Å². The van der Waals surface area contributed by atoms with Crippen LogP contribution in [0.5, 0.6) is 5.75 Å². The van der Waals surface area contributed by atoms with Crippen molar-refractivity contribution in [2.75, 3.05) is 13.7 Å². The van der Waals surface area contributed by atoms with E-state index in [4.69, 9.17) is 9.72 Å². The number of methoxy groups -OCH3 is 1. The normalized spacial score (nSPS) is 12.0. The number of para-hydroxylation sites is 3. The molecule has 31 heavy (non-hydrogen) atoms. The van der Waals surface area contributed by atoms with E-state index in [1.54, 1.807) is 17.7 Å². The molecule has 1 aromatic heterocycles. The average Bonchev–Trinajstić information content (AvgIpc) is 2.81. The highest BCUT2D eigenvalue weighted by molar-refractivity contribution is 5.79. The summed E-state index contributed by atoms with van der Waals surface area (Å²) in [5.74, 6) is 1.21. The maximum Gasteiger partial charge on any atom is 0.266 e. The van der Waals surface area contributed by atoms with E-state index in [0.29, 0.717) is 47.6 Å². The number of ether oxygens (including phenoxy) is 1. The smallest absolute Gasteiger partial charge is 0.266 e. The van der Waals surface area contributed by atoms with Gasteiger partial charge in [0.25, 0.3) is 5.56 Å². The lowest BCUT2D eigenvalue weighted by Gasteiger charge is -2.32. The minimum atomic E-state index is -0.318. The Kier molecular flexibility index (Phi) is 7.45. The number of hydrogen-bond donors (Lipinski definition) is 0. The number of unbranched alkanes of at least 4 members (excludes halogenated alkanes) is 1. The summed E-state index contributed by atoms with van der Waals surface area (Å²) >= 11 is 0. The first-order valence-electron chi connectivity index (χ1n) is 11.0. The Balaban J connectivity index is 2.33. The largest absolute Gasteiger partial charge is 0.495 e. The number of hydrogen-bond acceptors (Lipinski definition) is 4. The van der Waals surface area contributed by atoms with E-state index in [1.807, 2.05) is 61.2 Å². The van der Waals surface area contributed by atoms with Gasteiger partial charge >= 0.3 is 0 Å². The van der Waals surface area contributed by atoms with Gasteiger partial charge in [0.2, 0.25) is 5.91 Å². The second-order valence-electron chi connectivity index (χ2n) is 7.52. The highest BCUT2D eigenvalue weighted by atomic mass is 16.5. The SMILES string of the molecule is CCCCN(C(=O)CC)C(CC)c1nc2ccccc2c(=O)n1-c1ccccc1OC. The van der Waals surface area contributed by atoms with E-state index in [0.717, 1.165) is 12.8 Å². The monoisotopic (exact) mass is 421 g/mol. The molecule has 0 N–H and O–H groups in total. The predicted molar refractivity (Wildman–Crippen MR) is 124 cm³/mol. The molecule has 2 aromatic carbocycles. The minimum Gasteiger partial charge on any atom is -0.495 e. The fourth-order valence-electron chi connectivity index (χ4n) is 3.95. The highest BCUT2D eigenvalue weighted by Gasteiger charge is 2.28. The van der Waals surface area contributed by atoms with Crippen molar-refractivity contribution < 1.29 is 9.53 Å². The molecule has 1 heterocycles. The lowest BCUT2D eigenvalue weighted by Crippen LogP contribution is -2.38. The standard InChI is InChI=1S/C25H31N3O3/c1-5-8-17-27(23(29)7-3)20(6-2)24-26-19-14-10-9-13-18(19)25(30)28(24)21-15-11-12-16-22(21)31-4/h9-16,20H,5-8,17H2,1-4H3. The second-order valence-corrected chi connectivity index (χ2v) is 7.52. The second kappa shape index (κ2) is 10.2. The van der Waals surface area contributed by atoms with Gasteiger partial charge in [-0.25, -0.2) is 4.98 Å². The van der Waals surface area contributed by atoms with Crippen molar-refractivity contribution in [1.82, 2.24) is 14.5 Å². The van der Waals surface area contributed by atoms with Gasteiger partial charge in [0.15, 0.2) is 0 Å². The molecule has 1 atom stereocenters. The Bertz CT molecular complexity index is 1110. The van der Waals surface area contributed by atoms with Crippen molar-refractivity contribution in [3.05, 3.63) is 64.7 Å². The van der Waals surface area contributed by atoms with Gasteiger partial charge in [-0.1, -0.05) is 51.5 Å². The molecule has 0 aliphatic carbocycles. The van der Waals surface area contributed by atoms with E-state index in [9.17, 15) is 9.59 Å². The van der Waals surface area contributed by atoms with Gasteiger partial charge in [0.1, 0.15) is 11.6 Å². The summed E-state index contributed by atoms with van der Waals surface area (Å²) < 4.78 is 7.18. The summed E-state index contributed by atoms with van der Waals surface area (Å²) in [6.45, 7) is 6.64. The van der Waals surface area contributed by atoms with Gasteiger partial charge in [-0.15, -0.1) is 0 Å². The zero-order valence-electron chi connectivity index (χ0n) is 18.8. The number of carbonyl (C=O) groups is 1. The first-order valence-corrected chi connectivity index (χ1v) is 11.0. The molecule has 0 saturated carbocycles. The molecule has 0 bridgehead atoms. The zero-order valence-corrected chi connectivity index (χ0v) is 18.8. The summed E-state index contributed by atoms with van der Waals surface area (Å²) in [7, 11) is 1.59. The predicted octanol–water partition coefficient (Wildman–Crippen LogP) is 4.88. The van der Waals surface area contributed by atoms with Crippen molar-refractivity contribution >= 4 is 16.8 Å². The fourth-order valence-corrected chi connectivity index (χ4v) is 3.95. The molecule has 0 aliphatic heterocycles. The van der Waals surface area contributed by atoms with Crippen LogP contribution in [0.3, 0.4) is 0 Å². The molecule has 0 saturated heterocycles. The molecule has 6 heteroatoms. The molecule has 0 aliphatic rings. The number of carbonyl (C=O) groups excluding carboxylic acids is 1. The molecular weight excluding hydrogens is 390 g/mol. The van der Waals surface area contributed by atoms with Crippen LogP contribution in [0, 0.1) is 0 Å². The van der Waals surface area contributed by atoms with Gasteiger partial charge in [-0.2, -0.15) is 0 Å². The first-order chi connectivity index (χ1) is 15.1.